The molecule has 0 bridgehead atoms. The predicted octanol–water partition coefficient (Wildman–Crippen LogP) is 1.80. The Kier molecular flexibility index (Phi) is 5.06. The Morgan fingerprint density at radius 2 is 1.74 bits per heavy atom. The van der Waals surface area contributed by atoms with E-state index in [9.17, 15) is 9.59 Å². The molecule has 5 nitrogen and oxygen atoms in total. The summed E-state index contributed by atoms with van der Waals surface area (Å²) < 4.78 is 5.37. The standard InChI is InChI=1S/C14H20N2O3/c1-14(2,3)19-9-12(17)16-11-7-5-10(6-8-11)13(18)15-4/h5-8H,9H2,1-4H3,(H,15,18)(H,16,17). The molecule has 1 rings (SSSR count). The molecule has 0 radical (unpaired) electrons. The van der Waals surface area contributed by atoms with Gasteiger partial charge in [0.2, 0.25) is 5.91 Å². The number of rotatable bonds is 4. The highest BCUT2D eigenvalue weighted by atomic mass is 16.5. The molecule has 2 N–H and O–H groups in total. The summed E-state index contributed by atoms with van der Waals surface area (Å²) in [6.45, 7) is 5.66. The molecule has 0 atom stereocenters. The van der Waals surface area contributed by atoms with Gasteiger partial charge in [0.05, 0.1) is 5.60 Å². The van der Waals surface area contributed by atoms with Gasteiger partial charge in [0, 0.05) is 18.3 Å². The van der Waals surface area contributed by atoms with E-state index < -0.39 is 0 Å². The van der Waals surface area contributed by atoms with Crippen LogP contribution < -0.4 is 10.6 Å². The zero-order valence-corrected chi connectivity index (χ0v) is 11.7. The van der Waals surface area contributed by atoms with Crippen LogP contribution in [0.1, 0.15) is 31.1 Å². The largest absolute Gasteiger partial charge is 0.366 e. The fourth-order valence-electron chi connectivity index (χ4n) is 1.33. The first kappa shape index (κ1) is 15.2. The van der Waals surface area contributed by atoms with Crippen LogP contribution >= 0.6 is 0 Å². The van der Waals surface area contributed by atoms with Crippen LogP contribution in [0.3, 0.4) is 0 Å². The second kappa shape index (κ2) is 6.33. The molecule has 5 heteroatoms. The third-order valence-corrected chi connectivity index (χ3v) is 2.29. The van der Waals surface area contributed by atoms with Crippen LogP contribution in [-0.4, -0.2) is 31.1 Å². The molecule has 0 aliphatic heterocycles. The van der Waals surface area contributed by atoms with Crippen LogP contribution in [0.4, 0.5) is 5.69 Å². The molecule has 2 amide bonds. The fourth-order valence-corrected chi connectivity index (χ4v) is 1.33. The van der Waals surface area contributed by atoms with Gasteiger partial charge in [0.25, 0.3) is 5.91 Å². The highest BCUT2D eigenvalue weighted by molar-refractivity contribution is 5.95. The Balaban J connectivity index is 2.54. The van der Waals surface area contributed by atoms with Gasteiger partial charge >= 0.3 is 0 Å². The Labute approximate surface area is 113 Å². The smallest absolute Gasteiger partial charge is 0.251 e. The van der Waals surface area contributed by atoms with Crippen molar-refractivity contribution >= 4 is 17.5 Å². The zero-order valence-electron chi connectivity index (χ0n) is 11.7. The van der Waals surface area contributed by atoms with Crippen molar-refractivity contribution in [3.8, 4) is 0 Å². The van der Waals surface area contributed by atoms with E-state index in [0.29, 0.717) is 11.3 Å². The normalized spacial score (nSPS) is 10.9. The summed E-state index contributed by atoms with van der Waals surface area (Å²) in [5, 5.41) is 5.24. The molecule has 104 valence electrons. The van der Waals surface area contributed by atoms with Gasteiger partial charge in [-0.3, -0.25) is 9.59 Å². The van der Waals surface area contributed by atoms with Gasteiger partial charge in [-0.15, -0.1) is 0 Å². The molecule has 0 saturated heterocycles. The number of hydrogen-bond acceptors (Lipinski definition) is 3. The van der Waals surface area contributed by atoms with Crippen molar-refractivity contribution < 1.29 is 14.3 Å². The maximum atomic E-state index is 11.6. The van der Waals surface area contributed by atoms with E-state index in [4.69, 9.17) is 4.74 Å². The first-order chi connectivity index (χ1) is 8.81. The van der Waals surface area contributed by atoms with Gasteiger partial charge in [-0.2, -0.15) is 0 Å². The van der Waals surface area contributed by atoms with E-state index in [0.717, 1.165) is 0 Å². The SMILES string of the molecule is CNC(=O)c1ccc(NC(=O)COC(C)(C)C)cc1. The summed E-state index contributed by atoms with van der Waals surface area (Å²) in [5.74, 6) is -0.378. The minimum Gasteiger partial charge on any atom is -0.366 e. The quantitative estimate of drug-likeness (QED) is 0.871. The molecule has 0 aromatic heterocycles. The van der Waals surface area contributed by atoms with Crippen LogP contribution in [0.2, 0.25) is 0 Å². The summed E-state index contributed by atoms with van der Waals surface area (Å²) in [6, 6.07) is 6.66. The average Bonchev–Trinajstić information content (AvgIpc) is 2.35. The van der Waals surface area contributed by atoms with Gasteiger partial charge in [-0.05, 0) is 45.0 Å². The molecule has 19 heavy (non-hydrogen) atoms. The highest BCUT2D eigenvalue weighted by Crippen LogP contribution is 2.10. The monoisotopic (exact) mass is 264 g/mol. The van der Waals surface area contributed by atoms with Crippen LogP contribution in [-0.2, 0) is 9.53 Å². The van der Waals surface area contributed by atoms with Crippen LogP contribution in [0.25, 0.3) is 0 Å². The number of amides is 2. The molecule has 0 saturated carbocycles. The van der Waals surface area contributed by atoms with Crippen molar-refractivity contribution in [3.63, 3.8) is 0 Å². The molecule has 0 heterocycles. The average molecular weight is 264 g/mol. The Hall–Kier alpha value is -1.88. The topological polar surface area (TPSA) is 67.4 Å². The zero-order chi connectivity index (χ0) is 14.5. The van der Waals surface area contributed by atoms with Gasteiger partial charge in [-0.25, -0.2) is 0 Å². The number of anilines is 1. The molecule has 0 spiro atoms. The van der Waals surface area contributed by atoms with Gasteiger partial charge in [0.1, 0.15) is 6.61 Å². The Bertz CT molecular complexity index is 447. The Morgan fingerprint density at radius 1 is 1.16 bits per heavy atom. The minimum atomic E-state index is -0.347. The summed E-state index contributed by atoms with van der Waals surface area (Å²) in [5.41, 5.74) is 0.835. The summed E-state index contributed by atoms with van der Waals surface area (Å²) >= 11 is 0. The molecule has 1 aromatic carbocycles. The maximum absolute atomic E-state index is 11.6. The van der Waals surface area contributed by atoms with E-state index in [-0.39, 0.29) is 24.0 Å². The third-order valence-electron chi connectivity index (χ3n) is 2.29. The lowest BCUT2D eigenvalue weighted by Crippen LogP contribution is -2.27. The second-order valence-corrected chi connectivity index (χ2v) is 5.11. The predicted molar refractivity (Wildman–Crippen MR) is 74.2 cm³/mol. The van der Waals surface area contributed by atoms with E-state index >= 15 is 0 Å². The summed E-state index contributed by atoms with van der Waals surface area (Å²) in [4.78, 5) is 23.0. The van der Waals surface area contributed by atoms with Crippen molar-refractivity contribution in [2.45, 2.75) is 26.4 Å². The van der Waals surface area contributed by atoms with E-state index in [2.05, 4.69) is 10.6 Å². The summed E-state index contributed by atoms with van der Waals surface area (Å²) in [6.07, 6.45) is 0. The van der Waals surface area contributed by atoms with E-state index in [1.807, 2.05) is 20.8 Å². The van der Waals surface area contributed by atoms with E-state index in [1.165, 1.54) is 0 Å². The molecule has 1 aromatic rings. The fraction of sp³-hybridized carbons (Fsp3) is 0.429. The Morgan fingerprint density at radius 3 is 2.21 bits per heavy atom. The first-order valence-electron chi connectivity index (χ1n) is 6.08. The lowest BCUT2D eigenvalue weighted by Gasteiger charge is -2.19. The number of nitrogens with one attached hydrogen (secondary N) is 2. The van der Waals surface area contributed by atoms with Gasteiger partial charge < -0.3 is 15.4 Å². The van der Waals surface area contributed by atoms with Gasteiger partial charge in [0.15, 0.2) is 0 Å². The molecular weight excluding hydrogens is 244 g/mol. The molecular formula is C14H20N2O3. The first-order valence-corrected chi connectivity index (χ1v) is 6.08. The number of benzene rings is 1. The number of hydrogen-bond donors (Lipinski definition) is 2. The van der Waals surface area contributed by atoms with Crippen molar-refractivity contribution in [1.82, 2.24) is 5.32 Å². The maximum Gasteiger partial charge on any atom is 0.251 e. The van der Waals surface area contributed by atoms with Gasteiger partial charge in [-0.1, -0.05) is 0 Å². The number of ether oxygens (including phenoxy) is 1. The number of carbonyl (C=O) groups is 2. The molecule has 0 unspecified atom stereocenters. The lowest BCUT2D eigenvalue weighted by atomic mass is 10.2. The highest BCUT2D eigenvalue weighted by Gasteiger charge is 2.13. The van der Waals surface area contributed by atoms with Crippen molar-refractivity contribution in [2.75, 3.05) is 19.0 Å². The molecule has 0 aliphatic carbocycles. The second-order valence-electron chi connectivity index (χ2n) is 5.11. The van der Waals surface area contributed by atoms with E-state index in [1.54, 1.807) is 31.3 Å². The van der Waals surface area contributed by atoms with Crippen LogP contribution in [0.15, 0.2) is 24.3 Å². The molecule has 0 aliphatic rings. The third kappa shape index (κ3) is 5.52. The number of carbonyl (C=O) groups excluding carboxylic acids is 2. The minimum absolute atomic E-state index is 0.000692. The lowest BCUT2D eigenvalue weighted by molar-refractivity contribution is -0.125. The van der Waals surface area contributed by atoms with Crippen molar-refractivity contribution in [1.29, 1.82) is 0 Å². The van der Waals surface area contributed by atoms with Crippen molar-refractivity contribution in [2.24, 2.45) is 0 Å². The van der Waals surface area contributed by atoms with Crippen LogP contribution in [0, 0.1) is 0 Å². The molecule has 0 fully saturated rings. The van der Waals surface area contributed by atoms with Crippen molar-refractivity contribution in [3.05, 3.63) is 29.8 Å². The van der Waals surface area contributed by atoms with Crippen LogP contribution in [0.5, 0.6) is 0 Å². The summed E-state index contributed by atoms with van der Waals surface area (Å²) in [7, 11) is 1.57.